The number of hydrogen-bond acceptors (Lipinski definition) is 4. The number of unbranched alkanes of at least 4 members (excludes halogenated alkanes) is 5. The molecule has 0 bridgehead atoms. The fourth-order valence-corrected chi connectivity index (χ4v) is 1.61. The maximum absolute atomic E-state index is 11.3. The number of nitrogens with zero attached hydrogens (tertiary/aromatic N) is 1. The molecule has 0 atom stereocenters. The number of imide groups is 1. The summed E-state index contributed by atoms with van der Waals surface area (Å²) >= 11 is 0. The number of rotatable bonds is 10. The minimum absolute atomic E-state index is 0.364. The predicted octanol–water partition coefficient (Wildman–Crippen LogP) is 2.34. The molecular formula is C14H29N3O3. The van der Waals surface area contributed by atoms with Crippen molar-refractivity contribution in [3.05, 3.63) is 0 Å². The smallest absolute Gasteiger partial charge is 0.415 e. The van der Waals surface area contributed by atoms with Crippen molar-refractivity contribution >= 4 is 12.1 Å². The fourth-order valence-electron chi connectivity index (χ4n) is 1.61. The molecule has 0 radical (unpaired) electrons. The van der Waals surface area contributed by atoms with Gasteiger partial charge in [-0.15, -0.1) is 0 Å². The molecule has 0 aliphatic heterocycles. The summed E-state index contributed by atoms with van der Waals surface area (Å²) in [5.74, 6) is 0. The highest BCUT2D eigenvalue weighted by atomic mass is 16.5. The van der Waals surface area contributed by atoms with E-state index in [1.54, 1.807) is 0 Å². The zero-order valence-electron chi connectivity index (χ0n) is 13.0. The Morgan fingerprint density at radius 3 is 2.35 bits per heavy atom. The molecule has 0 unspecified atom stereocenters. The van der Waals surface area contributed by atoms with Gasteiger partial charge in [-0.05, 0) is 20.5 Å². The van der Waals surface area contributed by atoms with Crippen molar-refractivity contribution in [2.45, 2.75) is 45.4 Å². The van der Waals surface area contributed by atoms with Crippen molar-refractivity contribution in [1.82, 2.24) is 15.5 Å². The zero-order valence-corrected chi connectivity index (χ0v) is 13.0. The summed E-state index contributed by atoms with van der Waals surface area (Å²) in [5.41, 5.74) is 0. The van der Waals surface area contributed by atoms with E-state index in [4.69, 9.17) is 4.74 Å². The molecule has 2 N–H and O–H groups in total. The summed E-state index contributed by atoms with van der Waals surface area (Å²) in [6.07, 6.45) is 6.11. The van der Waals surface area contributed by atoms with Crippen molar-refractivity contribution in [3.63, 3.8) is 0 Å². The number of nitrogens with one attached hydrogen (secondary N) is 2. The van der Waals surface area contributed by atoms with Gasteiger partial charge in [-0.2, -0.15) is 0 Å². The van der Waals surface area contributed by atoms with Crippen molar-refractivity contribution in [3.8, 4) is 0 Å². The number of carbonyl (C=O) groups excluding carboxylic acids is 2. The van der Waals surface area contributed by atoms with Gasteiger partial charge in [0.1, 0.15) is 0 Å². The summed E-state index contributed by atoms with van der Waals surface area (Å²) in [7, 11) is 3.82. The molecule has 0 heterocycles. The van der Waals surface area contributed by atoms with Crippen molar-refractivity contribution in [2.75, 3.05) is 33.8 Å². The van der Waals surface area contributed by atoms with Gasteiger partial charge >= 0.3 is 12.1 Å². The topological polar surface area (TPSA) is 70.7 Å². The second-order valence-corrected chi connectivity index (χ2v) is 5.09. The number of ether oxygens (including phenoxy) is 1. The highest BCUT2D eigenvalue weighted by Crippen LogP contribution is 2.04. The van der Waals surface area contributed by atoms with E-state index >= 15 is 0 Å². The van der Waals surface area contributed by atoms with Crippen LogP contribution in [0.1, 0.15) is 45.4 Å². The van der Waals surface area contributed by atoms with E-state index in [0.29, 0.717) is 13.2 Å². The zero-order chi connectivity index (χ0) is 15.2. The molecule has 0 aromatic rings. The Hall–Kier alpha value is -1.30. The van der Waals surface area contributed by atoms with Gasteiger partial charge in [-0.1, -0.05) is 39.0 Å². The molecular weight excluding hydrogens is 258 g/mol. The Kier molecular flexibility index (Phi) is 11.9. The third-order valence-corrected chi connectivity index (χ3v) is 2.79. The van der Waals surface area contributed by atoms with Crippen LogP contribution in [0.4, 0.5) is 9.59 Å². The lowest BCUT2D eigenvalue weighted by molar-refractivity contribution is 0.144. The van der Waals surface area contributed by atoms with Gasteiger partial charge in [0.25, 0.3) is 0 Å². The standard InChI is InChI=1S/C14H29N3O3/c1-4-5-6-7-8-9-12-20-14(19)16-13(18)15-10-11-17(2)3/h4-12H2,1-3H3,(H2,15,16,18,19). The molecule has 0 saturated heterocycles. The number of urea groups is 1. The van der Waals surface area contributed by atoms with Crippen molar-refractivity contribution in [2.24, 2.45) is 0 Å². The SMILES string of the molecule is CCCCCCCCOC(=O)NC(=O)NCCN(C)C. The van der Waals surface area contributed by atoms with E-state index in [2.05, 4.69) is 17.6 Å². The molecule has 6 nitrogen and oxygen atoms in total. The maximum atomic E-state index is 11.3. The lowest BCUT2D eigenvalue weighted by Gasteiger charge is -2.10. The first-order valence-electron chi connectivity index (χ1n) is 7.42. The predicted molar refractivity (Wildman–Crippen MR) is 79.8 cm³/mol. The third-order valence-electron chi connectivity index (χ3n) is 2.79. The molecule has 0 spiro atoms. The Balaban J connectivity index is 3.41. The van der Waals surface area contributed by atoms with Gasteiger partial charge < -0.3 is 15.0 Å². The summed E-state index contributed by atoms with van der Waals surface area (Å²) < 4.78 is 4.93. The Morgan fingerprint density at radius 1 is 1.05 bits per heavy atom. The van der Waals surface area contributed by atoms with E-state index < -0.39 is 12.1 Å². The highest BCUT2D eigenvalue weighted by molar-refractivity contribution is 5.90. The van der Waals surface area contributed by atoms with E-state index in [-0.39, 0.29) is 0 Å². The van der Waals surface area contributed by atoms with Crippen LogP contribution in [0.25, 0.3) is 0 Å². The summed E-state index contributed by atoms with van der Waals surface area (Å²) in [4.78, 5) is 24.5. The van der Waals surface area contributed by atoms with Gasteiger partial charge in [0.05, 0.1) is 6.61 Å². The molecule has 0 aromatic carbocycles. The molecule has 0 aromatic heterocycles. The molecule has 118 valence electrons. The van der Waals surface area contributed by atoms with E-state index in [1.165, 1.54) is 25.7 Å². The highest BCUT2D eigenvalue weighted by Gasteiger charge is 2.07. The molecule has 3 amide bonds. The minimum Gasteiger partial charge on any atom is -0.449 e. The number of carbonyl (C=O) groups is 2. The van der Waals surface area contributed by atoms with Crippen LogP contribution < -0.4 is 10.6 Å². The van der Waals surface area contributed by atoms with E-state index in [0.717, 1.165) is 19.4 Å². The van der Waals surface area contributed by atoms with E-state index in [9.17, 15) is 9.59 Å². The van der Waals surface area contributed by atoms with Crippen LogP contribution >= 0.6 is 0 Å². The first-order valence-corrected chi connectivity index (χ1v) is 7.42. The summed E-state index contributed by atoms with van der Waals surface area (Å²) in [6, 6.07) is -0.514. The minimum atomic E-state index is -0.680. The van der Waals surface area contributed by atoms with Crippen LogP contribution in [0, 0.1) is 0 Å². The summed E-state index contributed by atoms with van der Waals surface area (Å²) in [5, 5.41) is 4.71. The molecule has 0 aliphatic rings. The third kappa shape index (κ3) is 13.1. The van der Waals surface area contributed by atoms with Gasteiger partial charge in [0.15, 0.2) is 0 Å². The van der Waals surface area contributed by atoms with Crippen molar-refractivity contribution < 1.29 is 14.3 Å². The van der Waals surface area contributed by atoms with Crippen LogP contribution in [-0.2, 0) is 4.74 Å². The molecule has 0 rings (SSSR count). The van der Waals surface area contributed by atoms with Gasteiger partial charge in [0, 0.05) is 13.1 Å². The second-order valence-electron chi connectivity index (χ2n) is 5.09. The average Bonchev–Trinajstić information content (AvgIpc) is 2.37. The Labute approximate surface area is 122 Å². The quantitative estimate of drug-likeness (QED) is 0.605. The first kappa shape index (κ1) is 18.7. The summed E-state index contributed by atoms with van der Waals surface area (Å²) in [6.45, 7) is 3.75. The monoisotopic (exact) mass is 287 g/mol. The lowest BCUT2D eigenvalue weighted by atomic mass is 10.1. The van der Waals surface area contributed by atoms with Crippen LogP contribution in [0.5, 0.6) is 0 Å². The Morgan fingerprint density at radius 2 is 1.70 bits per heavy atom. The largest absolute Gasteiger partial charge is 0.449 e. The number of amides is 3. The normalized spacial score (nSPS) is 10.4. The molecule has 0 saturated carbocycles. The van der Waals surface area contributed by atoms with Crippen LogP contribution in [0.2, 0.25) is 0 Å². The Bertz CT molecular complexity index is 270. The van der Waals surface area contributed by atoms with Crippen molar-refractivity contribution in [1.29, 1.82) is 0 Å². The molecule has 0 aliphatic carbocycles. The fraction of sp³-hybridized carbons (Fsp3) is 0.857. The van der Waals surface area contributed by atoms with Gasteiger partial charge in [-0.25, -0.2) is 14.9 Å². The lowest BCUT2D eigenvalue weighted by Crippen LogP contribution is -2.42. The van der Waals surface area contributed by atoms with Gasteiger partial charge in [-0.3, -0.25) is 0 Å². The van der Waals surface area contributed by atoms with Crippen LogP contribution in [0.15, 0.2) is 0 Å². The molecule has 20 heavy (non-hydrogen) atoms. The molecule has 0 fully saturated rings. The average molecular weight is 287 g/mol. The first-order chi connectivity index (χ1) is 9.56. The van der Waals surface area contributed by atoms with Gasteiger partial charge in [0.2, 0.25) is 0 Å². The van der Waals surface area contributed by atoms with Crippen LogP contribution in [0.3, 0.4) is 0 Å². The maximum Gasteiger partial charge on any atom is 0.415 e. The number of likely N-dealkylation sites (N-methyl/N-ethyl adjacent to an activating group) is 1. The second kappa shape index (κ2) is 12.7. The van der Waals surface area contributed by atoms with Crippen LogP contribution in [-0.4, -0.2) is 50.8 Å². The number of alkyl carbamates (subject to hydrolysis) is 1. The number of hydrogen-bond donors (Lipinski definition) is 2. The molecule has 6 heteroatoms. The van der Waals surface area contributed by atoms with E-state index in [1.807, 2.05) is 19.0 Å².